The summed E-state index contributed by atoms with van der Waals surface area (Å²) in [6.07, 6.45) is 1.16. The maximum Gasteiger partial charge on any atom is 0.101 e. The molecule has 1 aromatic heterocycles. The van der Waals surface area contributed by atoms with Gasteiger partial charge >= 0.3 is 0 Å². The molecule has 2 heterocycles. The van der Waals surface area contributed by atoms with Crippen LogP contribution in [0.2, 0.25) is 0 Å². The monoisotopic (exact) mass is 276 g/mol. The molecular formula is C15H20N2OS. The van der Waals surface area contributed by atoms with Crippen molar-refractivity contribution in [2.75, 3.05) is 19.8 Å². The van der Waals surface area contributed by atoms with Crippen molar-refractivity contribution in [3.8, 4) is 0 Å². The van der Waals surface area contributed by atoms with Gasteiger partial charge in [0, 0.05) is 6.04 Å². The Kier molecular flexibility index (Phi) is 3.82. The number of aromatic nitrogens is 1. The minimum absolute atomic E-state index is 0.407. The van der Waals surface area contributed by atoms with Gasteiger partial charge in [-0.25, -0.2) is 4.98 Å². The van der Waals surface area contributed by atoms with Gasteiger partial charge in [-0.2, -0.15) is 0 Å². The number of aryl methyl sites for hydroxylation is 1. The first-order valence-corrected chi connectivity index (χ1v) is 7.78. The Hall–Kier alpha value is -0.970. The third kappa shape index (κ3) is 2.66. The molecule has 3 rings (SSSR count). The van der Waals surface area contributed by atoms with Crippen molar-refractivity contribution in [3.05, 3.63) is 28.8 Å². The van der Waals surface area contributed by atoms with E-state index in [0.717, 1.165) is 31.7 Å². The van der Waals surface area contributed by atoms with E-state index in [1.807, 2.05) is 11.3 Å². The quantitative estimate of drug-likeness (QED) is 0.932. The summed E-state index contributed by atoms with van der Waals surface area (Å²) in [4.78, 5) is 4.79. The van der Waals surface area contributed by atoms with Crippen molar-refractivity contribution in [1.82, 2.24) is 10.3 Å². The minimum Gasteiger partial charge on any atom is -0.379 e. The number of thiazole rings is 1. The number of fused-ring (bicyclic) bond motifs is 1. The summed E-state index contributed by atoms with van der Waals surface area (Å²) < 4.78 is 6.93. The second-order valence-corrected chi connectivity index (χ2v) is 6.29. The summed E-state index contributed by atoms with van der Waals surface area (Å²) in [6.45, 7) is 6.97. The third-order valence-electron chi connectivity index (χ3n) is 3.61. The van der Waals surface area contributed by atoms with E-state index < -0.39 is 0 Å². The van der Waals surface area contributed by atoms with Gasteiger partial charge < -0.3 is 10.1 Å². The predicted octanol–water partition coefficient (Wildman–Crippen LogP) is 3.09. The number of hydrogen-bond acceptors (Lipinski definition) is 4. The van der Waals surface area contributed by atoms with Crippen LogP contribution in [0.25, 0.3) is 10.2 Å². The van der Waals surface area contributed by atoms with Crippen molar-refractivity contribution < 1.29 is 4.74 Å². The molecule has 0 bridgehead atoms. The number of hydrogen-bond donors (Lipinski definition) is 1. The number of nitrogens with one attached hydrogen (secondary N) is 1. The number of ether oxygens (including phenoxy) is 1. The molecule has 2 unspecified atom stereocenters. The Morgan fingerprint density at radius 2 is 2.32 bits per heavy atom. The fourth-order valence-electron chi connectivity index (χ4n) is 2.54. The summed E-state index contributed by atoms with van der Waals surface area (Å²) in [5, 5.41) is 4.79. The molecule has 1 fully saturated rings. The lowest BCUT2D eigenvalue weighted by Crippen LogP contribution is -2.34. The standard InChI is InChI=1S/C15H20N2OS/c1-3-6-16-13-9-18-8-11(13)15-17-12-5-4-10(2)7-14(12)19-15/h4-5,7,11,13,16H,3,6,8-9H2,1-2H3. The van der Waals surface area contributed by atoms with Gasteiger partial charge in [0.15, 0.2) is 0 Å². The van der Waals surface area contributed by atoms with Crippen molar-refractivity contribution in [3.63, 3.8) is 0 Å². The lowest BCUT2D eigenvalue weighted by Gasteiger charge is -2.16. The zero-order valence-electron chi connectivity index (χ0n) is 11.5. The zero-order chi connectivity index (χ0) is 13.2. The van der Waals surface area contributed by atoms with E-state index in [1.165, 1.54) is 15.3 Å². The second-order valence-electron chi connectivity index (χ2n) is 5.23. The largest absolute Gasteiger partial charge is 0.379 e. The van der Waals surface area contributed by atoms with E-state index in [2.05, 4.69) is 37.4 Å². The average Bonchev–Trinajstić information content (AvgIpc) is 3.01. The van der Waals surface area contributed by atoms with Gasteiger partial charge in [-0.15, -0.1) is 11.3 Å². The summed E-state index contributed by atoms with van der Waals surface area (Å²) in [6, 6.07) is 6.89. The molecular weight excluding hydrogens is 256 g/mol. The molecule has 0 radical (unpaired) electrons. The van der Waals surface area contributed by atoms with Crippen LogP contribution in [-0.4, -0.2) is 30.8 Å². The average molecular weight is 276 g/mol. The van der Waals surface area contributed by atoms with Crippen molar-refractivity contribution in [1.29, 1.82) is 0 Å². The lowest BCUT2D eigenvalue weighted by molar-refractivity contribution is 0.187. The van der Waals surface area contributed by atoms with Crippen LogP contribution >= 0.6 is 11.3 Å². The summed E-state index contributed by atoms with van der Waals surface area (Å²) in [7, 11) is 0. The maximum atomic E-state index is 5.65. The second kappa shape index (κ2) is 5.57. The number of rotatable bonds is 4. The third-order valence-corrected chi connectivity index (χ3v) is 4.76. The normalized spacial score (nSPS) is 23.3. The van der Waals surface area contributed by atoms with Crippen molar-refractivity contribution in [2.45, 2.75) is 32.2 Å². The van der Waals surface area contributed by atoms with E-state index in [4.69, 9.17) is 9.72 Å². The highest BCUT2D eigenvalue weighted by Crippen LogP contribution is 2.32. The zero-order valence-corrected chi connectivity index (χ0v) is 12.3. The molecule has 0 amide bonds. The van der Waals surface area contributed by atoms with Gasteiger partial charge in [0.05, 0.1) is 29.3 Å². The Balaban J connectivity index is 1.86. The lowest BCUT2D eigenvalue weighted by atomic mass is 10.0. The smallest absolute Gasteiger partial charge is 0.101 e. The van der Waals surface area contributed by atoms with Gasteiger partial charge in [0.1, 0.15) is 5.01 Å². The number of nitrogens with zero attached hydrogens (tertiary/aromatic N) is 1. The van der Waals surface area contributed by atoms with Crippen LogP contribution in [0.15, 0.2) is 18.2 Å². The molecule has 1 aromatic carbocycles. The van der Waals surface area contributed by atoms with Gasteiger partial charge in [-0.05, 0) is 37.6 Å². The van der Waals surface area contributed by atoms with E-state index in [9.17, 15) is 0 Å². The molecule has 2 aromatic rings. The van der Waals surface area contributed by atoms with E-state index in [-0.39, 0.29) is 0 Å². The first kappa shape index (κ1) is 13.0. The fraction of sp³-hybridized carbons (Fsp3) is 0.533. The minimum atomic E-state index is 0.407. The van der Waals surface area contributed by atoms with Crippen molar-refractivity contribution >= 4 is 21.6 Å². The first-order valence-electron chi connectivity index (χ1n) is 6.96. The maximum absolute atomic E-state index is 5.65. The fourth-order valence-corrected chi connectivity index (χ4v) is 3.75. The first-order chi connectivity index (χ1) is 9.28. The Labute approximate surface area is 118 Å². The Bertz CT molecular complexity index is 566. The van der Waals surface area contributed by atoms with E-state index in [1.54, 1.807) is 0 Å². The molecule has 1 aliphatic rings. The molecule has 4 heteroatoms. The Morgan fingerprint density at radius 3 is 3.16 bits per heavy atom. The van der Waals surface area contributed by atoms with Gasteiger partial charge in [0.25, 0.3) is 0 Å². The topological polar surface area (TPSA) is 34.1 Å². The van der Waals surface area contributed by atoms with Gasteiger partial charge in [0.2, 0.25) is 0 Å². The van der Waals surface area contributed by atoms with Crippen LogP contribution in [0.4, 0.5) is 0 Å². The van der Waals surface area contributed by atoms with Crippen LogP contribution < -0.4 is 5.32 Å². The molecule has 1 aliphatic heterocycles. The molecule has 0 aliphatic carbocycles. The molecule has 3 nitrogen and oxygen atoms in total. The van der Waals surface area contributed by atoms with E-state index in [0.29, 0.717) is 12.0 Å². The predicted molar refractivity (Wildman–Crippen MR) is 80.0 cm³/mol. The molecule has 19 heavy (non-hydrogen) atoms. The molecule has 0 spiro atoms. The van der Waals surface area contributed by atoms with Gasteiger partial charge in [-0.1, -0.05) is 13.0 Å². The summed E-state index contributed by atoms with van der Waals surface area (Å²) in [5.41, 5.74) is 2.41. The highest BCUT2D eigenvalue weighted by molar-refractivity contribution is 7.18. The van der Waals surface area contributed by atoms with Crippen LogP contribution in [0.5, 0.6) is 0 Å². The SMILES string of the molecule is CCCNC1COCC1c1nc2ccc(C)cc2s1. The molecule has 1 saturated heterocycles. The highest BCUT2D eigenvalue weighted by Gasteiger charge is 2.31. The number of benzene rings is 1. The Morgan fingerprint density at radius 1 is 1.42 bits per heavy atom. The molecule has 102 valence electrons. The van der Waals surface area contributed by atoms with Crippen LogP contribution in [0.3, 0.4) is 0 Å². The molecule has 2 atom stereocenters. The van der Waals surface area contributed by atoms with Crippen LogP contribution in [-0.2, 0) is 4.74 Å². The molecule has 0 saturated carbocycles. The summed E-state index contributed by atoms with van der Waals surface area (Å²) in [5.74, 6) is 0.407. The molecule has 1 N–H and O–H groups in total. The van der Waals surface area contributed by atoms with Crippen LogP contribution in [0, 0.1) is 6.92 Å². The van der Waals surface area contributed by atoms with Crippen molar-refractivity contribution in [2.24, 2.45) is 0 Å². The van der Waals surface area contributed by atoms with Gasteiger partial charge in [-0.3, -0.25) is 0 Å². The highest BCUT2D eigenvalue weighted by atomic mass is 32.1. The van der Waals surface area contributed by atoms with E-state index >= 15 is 0 Å². The summed E-state index contributed by atoms with van der Waals surface area (Å²) >= 11 is 1.81. The van der Waals surface area contributed by atoms with Crippen LogP contribution in [0.1, 0.15) is 29.8 Å².